The summed E-state index contributed by atoms with van der Waals surface area (Å²) in [6, 6.07) is 0. The summed E-state index contributed by atoms with van der Waals surface area (Å²) >= 11 is 0. The number of rotatable bonds is 7. The minimum atomic E-state index is -0.327. The number of nitrogens with zero attached hydrogens (tertiary/aromatic N) is 1. The zero-order valence-electron chi connectivity index (χ0n) is 8.58. The molecule has 0 aliphatic carbocycles. The molecule has 0 spiro atoms. The number of nitro groups is 1. The standard InChI is InChI=1S/C10H19NO2/c1-3-4-5-6-7-8-9-10(2)11(12)13/h9H,3-8H2,1-2H3/b10-9+/i12+2,13+2. The third kappa shape index (κ3) is 7.50. The smallest absolute Gasteiger partial charge is 0.239 e. The van der Waals surface area contributed by atoms with Crippen molar-refractivity contribution in [2.45, 2.75) is 52.4 Å². The van der Waals surface area contributed by atoms with E-state index in [9.17, 15) is 10.1 Å². The fourth-order valence-electron chi connectivity index (χ4n) is 1.13. The molecule has 0 heterocycles. The van der Waals surface area contributed by atoms with Gasteiger partial charge in [-0.15, -0.1) is 0 Å². The Morgan fingerprint density at radius 3 is 2.46 bits per heavy atom. The molecule has 0 saturated carbocycles. The molecule has 0 fully saturated rings. The monoisotopic (exact) mass is 189 g/mol. The van der Waals surface area contributed by atoms with Crippen molar-refractivity contribution in [2.24, 2.45) is 0 Å². The first-order valence-electron chi connectivity index (χ1n) is 4.99. The van der Waals surface area contributed by atoms with Gasteiger partial charge in [-0.3, -0.25) is 10.1 Å². The molecule has 0 rings (SSSR count). The highest BCUT2D eigenvalue weighted by atomic mass is 18.4. The summed E-state index contributed by atoms with van der Waals surface area (Å²) in [5.74, 6) is 0. The molecule has 0 aromatic heterocycles. The van der Waals surface area contributed by atoms with Crippen LogP contribution in [0.5, 0.6) is 0 Å². The quantitative estimate of drug-likeness (QED) is 0.266. The van der Waals surface area contributed by atoms with Crippen LogP contribution < -0.4 is 0 Å². The number of hydrogen-bond donors (Lipinski definition) is 0. The number of allylic oxidation sites excluding steroid dienone is 2. The van der Waals surface area contributed by atoms with E-state index in [1.165, 1.54) is 25.7 Å². The first-order valence-corrected chi connectivity index (χ1v) is 4.99. The molecule has 0 radical (unpaired) electrons. The summed E-state index contributed by atoms with van der Waals surface area (Å²) < 4.78 is 0. The van der Waals surface area contributed by atoms with Gasteiger partial charge >= 0.3 is 0 Å². The van der Waals surface area contributed by atoms with Crippen LogP contribution in [0.3, 0.4) is 0 Å². The van der Waals surface area contributed by atoms with Gasteiger partial charge in [0.2, 0.25) is 5.70 Å². The normalized spacial score (nSPS) is 11.7. The summed E-state index contributed by atoms with van der Waals surface area (Å²) in [7, 11) is 0. The van der Waals surface area contributed by atoms with E-state index >= 15 is 0 Å². The molecule has 0 saturated heterocycles. The summed E-state index contributed by atoms with van der Waals surface area (Å²) in [6.07, 6.45) is 8.59. The molecule has 0 aromatic carbocycles. The lowest BCUT2D eigenvalue weighted by molar-refractivity contribution is -0.424. The Labute approximate surface area is 80.0 Å². The lowest BCUT2D eigenvalue weighted by Gasteiger charge is -1.95. The maximum Gasteiger partial charge on any atom is 0.239 e. The second-order valence-electron chi connectivity index (χ2n) is 3.31. The molecule has 0 N–H and O–H groups in total. The fourth-order valence-corrected chi connectivity index (χ4v) is 1.13. The first-order chi connectivity index (χ1) is 6.18. The van der Waals surface area contributed by atoms with Crippen molar-refractivity contribution in [3.05, 3.63) is 21.9 Å². The van der Waals surface area contributed by atoms with Crippen LogP contribution in [0, 0.1) is 10.1 Å². The van der Waals surface area contributed by atoms with Crippen LogP contribution in [0.25, 0.3) is 0 Å². The summed E-state index contributed by atoms with van der Waals surface area (Å²) in [5.41, 5.74) is 0.274. The van der Waals surface area contributed by atoms with Crippen molar-refractivity contribution in [2.75, 3.05) is 0 Å². The second kappa shape index (κ2) is 7.77. The molecule has 0 aliphatic heterocycles. The van der Waals surface area contributed by atoms with Crippen molar-refractivity contribution in [1.82, 2.24) is 0 Å². The van der Waals surface area contributed by atoms with E-state index in [4.69, 9.17) is 0 Å². The lowest BCUT2D eigenvalue weighted by Crippen LogP contribution is -1.92. The van der Waals surface area contributed by atoms with E-state index in [2.05, 4.69) is 6.92 Å². The molecule has 76 valence electrons. The Morgan fingerprint density at radius 2 is 1.92 bits per heavy atom. The molecule has 0 aliphatic rings. The zero-order valence-corrected chi connectivity index (χ0v) is 8.58. The highest BCUT2D eigenvalue weighted by molar-refractivity contribution is 4.86. The molecular formula is C10H19NO2. The molecule has 3 heteroatoms. The maximum absolute atomic E-state index is 10.2. The molecule has 3 nitrogen and oxygen atoms in total. The average Bonchev–Trinajstić information content (AvgIpc) is 2.10. The summed E-state index contributed by atoms with van der Waals surface area (Å²) in [6.45, 7) is 3.73. The molecule has 0 bridgehead atoms. The van der Waals surface area contributed by atoms with Crippen LogP contribution in [-0.2, 0) is 0 Å². The van der Waals surface area contributed by atoms with Gasteiger partial charge < -0.3 is 0 Å². The summed E-state index contributed by atoms with van der Waals surface area (Å²) in [5, 5.41) is 10.2. The van der Waals surface area contributed by atoms with Crippen molar-refractivity contribution in [1.29, 1.82) is 0 Å². The second-order valence-corrected chi connectivity index (χ2v) is 3.31. The van der Waals surface area contributed by atoms with Gasteiger partial charge in [-0.2, -0.15) is 0 Å². The minimum absolute atomic E-state index is 0.274. The van der Waals surface area contributed by atoms with E-state index in [-0.39, 0.29) is 10.6 Å². The van der Waals surface area contributed by atoms with Crippen LogP contribution >= 0.6 is 0 Å². The summed E-state index contributed by atoms with van der Waals surface area (Å²) in [4.78, 5) is 9.88. The van der Waals surface area contributed by atoms with Gasteiger partial charge in [0.05, 0.1) is 4.92 Å². The van der Waals surface area contributed by atoms with Crippen molar-refractivity contribution < 1.29 is 4.92 Å². The van der Waals surface area contributed by atoms with Crippen LogP contribution in [0.15, 0.2) is 11.8 Å². The number of unbranched alkanes of at least 4 members (excludes halogenated alkanes) is 5. The Balaban J connectivity index is 3.34. The zero-order chi connectivity index (χ0) is 10.1. The average molecular weight is 189 g/mol. The van der Waals surface area contributed by atoms with Crippen molar-refractivity contribution >= 4 is 0 Å². The maximum atomic E-state index is 10.2. The van der Waals surface area contributed by atoms with Gasteiger partial charge in [0.15, 0.2) is 0 Å². The molecule has 0 atom stereocenters. The predicted octanol–water partition coefficient (Wildman–Crippen LogP) is 3.53. The SMILES string of the molecule is CCCCCCC/C=C(\C)[N+](=[18O])[18O-]. The third-order valence-corrected chi connectivity index (χ3v) is 2.04. The lowest BCUT2D eigenvalue weighted by atomic mass is 10.1. The molecule has 0 unspecified atom stereocenters. The van der Waals surface area contributed by atoms with Crippen molar-refractivity contribution in [3.8, 4) is 0 Å². The first kappa shape index (κ1) is 12.1. The van der Waals surface area contributed by atoms with E-state index in [0.717, 1.165) is 12.8 Å². The fraction of sp³-hybridized carbons (Fsp3) is 0.800. The van der Waals surface area contributed by atoms with E-state index in [0.29, 0.717) is 0 Å². The van der Waals surface area contributed by atoms with Crippen LogP contribution in [0.1, 0.15) is 52.4 Å². The van der Waals surface area contributed by atoms with E-state index in [1.807, 2.05) is 0 Å². The third-order valence-electron chi connectivity index (χ3n) is 2.04. The minimum Gasteiger partial charge on any atom is -0.259 e. The van der Waals surface area contributed by atoms with Crippen LogP contribution in [0.4, 0.5) is 0 Å². The Hall–Kier alpha value is -0.860. The highest BCUT2D eigenvalue weighted by Gasteiger charge is 1.99. The topological polar surface area (TPSA) is 43.1 Å². The molecular weight excluding hydrogens is 170 g/mol. The van der Waals surface area contributed by atoms with Gasteiger partial charge in [-0.1, -0.05) is 32.6 Å². The van der Waals surface area contributed by atoms with Crippen LogP contribution in [-0.4, -0.2) is 4.92 Å². The molecule has 0 amide bonds. The van der Waals surface area contributed by atoms with E-state index in [1.54, 1.807) is 13.0 Å². The highest BCUT2D eigenvalue weighted by Crippen LogP contribution is 2.06. The van der Waals surface area contributed by atoms with Gasteiger partial charge in [0.1, 0.15) is 0 Å². The molecule has 13 heavy (non-hydrogen) atoms. The Morgan fingerprint density at radius 1 is 1.31 bits per heavy atom. The number of hydrogen-bond acceptors (Lipinski definition) is 2. The molecule has 0 aromatic rings. The van der Waals surface area contributed by atoms with E-state index < -0.39 is 0 Å². The van der Waals surface area contributed by atoms with Gasteiger partial charge in [0.25, 0.3) is 0 Å². The Bertz CT molecular complexity index is 176. The van der Waals surface area contributed by atoms with Crippen molar-refractivity contribution in [3.63, 3.8) is 0 Å². The van der Waals surface area contributed by atoms with Crippen LogP contribution in [0.2, 0.25) is 0 Å². The largest absolute Gasteiger partial charge is 0.259 e. The van der Waals surface area contributed by atoms with Gasteiger partial charge in [-0.05, 0) is 18.9 Å². The predicted molar refractivity (Wildman–Crippen MR) is 54.1 cm³/mol. The van der Waals surface area contributed by atoms with Gasteiger partial charge in [0, 0.05) is 6.92 Å². The Kier molecular flexibility index (Phi) is 7.26. The van der Waals surface area contributed by atoms with Gasteiger partial charge in [-0.25, -0.2) is 0 Å².